The lowest BCUT2D eigenvalue weighted by Crippen LogP contribution is -2.27. The zero-order chi connectivity index (χ0) is 28.8. The van der Waals surface area contributed by atoms with E-state index < -0.39 is 5.97 Å². The number of fused-ring (bicyclic) bond motifs is 2. The molecule has 212 valence electrons. The third kappa shape index (κ3) is 5.49. The molecule has 0 amide bonds. The first-order valence-corrected chi connectivity index (χ1v) is 15.2. The predicted molar refractivity (Wildman–Crippen MR) is 162 cm³/mol. The molecule has 1 heterocycles. The molecule has 41 heavy (non-hydrogen) atoms. The Kier molecular flexibility index (Phi) is 7.13. The van der Waals surface area contributed by atoms with Crippen LogP contribution in [0.15, 0.2) is 72.9 Å². The fourth-order valence-electron chi connectivity index (χ4n) is 7.32. The topological polar surface area (TPSA) is 62.1 Å². The second-order valence-electron chi connectivity index (χ2n) is 13.6. The zero-order valence-corrected chi connectivity index (χ0v) is 24.5. The Morgan fingerprint density at radius 1 is 0.927 bits per heavy atom. The van der Waals surface area contributed by atoms with E-state index in [1.165, 1.54) is 47.9 Å². The van der Waals surface area contributed by atoms with Gasteiger partial charge in [0.1, 0.15) is 0 Å². The number of carbonyl (C=O) groups is 2. The lowest BCUT2D eigenvalue weighted by Gasteiger charge is -2.37. The number of rotatable bonds is 6. The standard InChI is InChI=1S/C37H41NO3/c1-36(2,3)31-15-13-25(14-16-31)26-17-19-37(20-18-26)22-28-12-11-27(21-30(28)23-37)35(41)38-24-29(7-6-10-34(39)40)32-8-4-5-9-33(32)38/h4-5,8-9,11-16,21,24,26H,6-7,10,17-20,22-23H2,1-3H3,(H,39,40)/p-1. The summed E-state index contributed by atoms with van der Waals surface area (Å²) in [5, 5.41) is 11.9. The molecular formula is C37H40NO3-. The van der Waals surface area contributed by atoms with Gasteiger partial charge in [-0.05, 0) is 121 Å². The van der Waals surface area contributed by atoms with Gasteiger partial charge in [-0.25, -0.2) is 0 Å². The molecule has 2 aliphatic carbocycles. The third-order valence-corrected chi connectivity index (χ3v) is 9.72. The first kappa shape index (κ1) is 27.5. The van der Waals surface area contributed by atoms with Gasteiger partial charge >= 0.3 is 0 Å². The molecule has 0 atom stereocenters. The van der Waals surface area contributed by atoms with Gasteiger partial charge in [-0.3, -0.25) is 9.36 Å². The van der Waals surface area contributed by atoms with Crippen molar-refractivity contribution >= 4 is 22.8 Å². The minimum atomic E-state index is -1.04. The Balaban J connectivity index is 1.16. The molecule has 0 aliphatic heterocycles. The maximum Gasteiger partial charge on any atom is 0.262 e. The molecule has 4 nitrogen and oxygen atoms in total. The van der Waals surface area contributed by atoms with E-state index in [2.05, 4.69) is 57.2 Å². The minimum absolute atomic E-state index is 0.0181. The first-order valence-electron chi connectivity index (χ1n) is 15.2. The lowest BCUT2D eigenvalue weighted by atomic mass is 9.67. The summed E-state index contributed by atoms with van der Waals surface area (Å²) in [6.07, 6.45) is 10.1. The van der Waals surface area contributed by atoms with Crippen molar-refractivity contribution in [2.75, 3.05) is 0 Å². The van der Waals surface area contributed by atoms with E-state index in [0.29, 0.717) is 24.2 Å². The van der Waals surface area contributed by atoms with Crippen molar-refractivity contribution in [3.05, 3.63) is 106 Å². The maximum absolute atomic E-state index is 13.8. The second kappa shape index (κ2) is 10.6. The van der Waals surface area contributed by atoms with Crippen molar-refractivity contribution in [3.63, 3.8) is 0 Å². The summed E-state index contributed by atoms with van der Waals surface area (Å²) in [6.45, 7) is 6.80. The van der Waals surface area contributed by atoms with Crippen LogP contribution in [0.2, 0.25) is 0 Å². The number of aryl methyl sites for hydroxylation is 1. The Morgan fingerprint density at radius 3 is 2.34 bits per heavy atom. The number of carboxylic acid groups (broad SMARTS) is 1. The molecule has 6 rings (SSSR count). The molecule has 1 fully saturated rings. The van der Waals surface area contributed by atoms with Crippen molar-refractivity contribution in [2.24, 2.45) is 5.41 Å². The third-order valence-electron chi connectivity index (χ3n) is 9.72. The molecule has 4 aromatic rings. The van der Waals surface area contributed by atoms with E-state index in [4.69, 9.17) is 0 Å². The number of aliphatic carboxylic acids is 1. The number of para-hydroxylation sites is 1. The maximum atomic E-state index is 13.8. The van der Waals surface area contributed by atoms with Gasteiger partial charge in [-0.2, -0.15) is 0 Å². The summed E-state index contributed by atoms with van der Waals surface area (Å²) in [5.41, 5.74) is 8.69. The highest BCUT2D eigenvalue weighted by atomic mass is 16.4. The van der Waals surface area contributed by atoms with Gasteiger partial charge in [0.25, 0.3) is 5.91 Å². The summed E-state index contributed by atoms with van der Waals surface area (Å²) in [4.78, 5) is 24.7. The number of hydrogen-bond donors (Lipinski definition) is 0. The van der Waals surface area contributed by atoms with Crippen LogP contribution >= 0.6 is 0 Å². The number of carboxylic acids is 1. The normalized spacial score (nSPS) is 20.4. The number of nitrogens with zero attached hydrogens (tertiary/aromatic N) is 1. The highest BCUT2D eigenvalue weighted by molar-refractivity contribution is 6.03. The number of aromatic nitrogens is 1. The molecule has 1 spiro atoms. The second-order valence-corrected chi connectivity index (χ2v) is 13.6. The van der Waals surface area contributed by atoms with E-state index in [9.17, 15) is 14.7 Å². The molecule has 0 radical (unpaired) electrons. The molecule has 0 bridgehead atoms. The fourth-order valence-corrected chi connectivity index (χ4v) is 7.32. The quantitative estimate of drug-likeness (QED) is 0.258. The molecule has 1 saturated carbocycles. The van der Waals surface area contributed by atoms with Crippen LogP contribution in [0.4, 0.5) is 0 Å². The molecule has 1 aromatic heterocycles. The molecule has 0 N–H and O–H groups in total. The Labute approximate surface area is 243 Å². The van der Waals surface area contributed by atoms with Gasteiger partial charge in [-0.15, -0.1) is 0 Å². The van der Waals surface area contributed by atoms with Gasteiger partial charge in [0.05, 0.1) is 5.52 Å². The predicted octanol–water partition coefficient (Wildman–Crippen LogP) is 7.14. The molecule has 0 saturated heterocycles. The Bertz CT molecular complexity index is 1590. The molecule has 0 unspecified atom stereocenters. The van der Waals surface area contributed by atoms with Crippen LogP contribution in [0.1, 0.15) is 103 Å². The van der Waals surface area contributed by atoms with Crippen LogP contribution in [0.5, 0.6) is 0 Å². The van der Waals surface area contributed by atoms with Crippen molar-refractivity contribution in [1.29, 1.82) is 0 Å². The van der Waals surface area contributed by atoms with Crippen LogP contribution in [-0.4, -0.2) is 16.4 Å². The van der Waals surface area contributed by atoms with Crippen LogP contribution < -0.4 is 5.11 Å². The van der Waals surface area contributed by atoms with E-state index in [1.54, 1.807) is 4.57 Å². The Morgan fingerprint density at radius 2 is 1.63 bits per heavy atom. The summed E-state index contributed by atoms with van der Waals surface area (Å²) in [6, 6.07) is 23.5. The SMILES string of the molecule is CC(C)(C)c1ccc(C2CCC3(CC2)Cc2ccc(C(=O)n4cc(CCCC(=O)[O-])c5ccccc54)cc2C3)cc1. The van der Waals surface area contributed by atoms with Crippen molar-refractivity contribution in [2.45, 2.75) is 89.9 Å². The number of carbonyl (C=O) groups excluding carboxylic acids is 2. The largest absolute Gasteiger partial charge is 0.550 e. The van der Waals surface area contributed by atoms with E-state index >= 15 is 0 Å². The first-order chi connectivity index (χ1) is 19.6. The van der Waals surface area contributed by atoms with Gasteiger partial charge in [0, 0.05) is 23.1 Å². The van der Waals surface area contributed by atoms with Crippen LogP contribution in [0.25, 0.3) is 10.9 Å². The van der Waals surface area contributed by atoms with Crippen molar-refractivity contribution in [3.8, 4) is 0 Å². The summed E-state index contributed by atoms with van der Waals surface area (Å²) in [7, 11) is 0. The average molecular weight is 547 g/mol. The highest BCUT2D eigenvalue weighted by Crippen LogP contribution is 2.51. The highest BCUT2D eigenvalue weighted by Gasteiger charge is 2.40. The summed E-state index contributed by atoms with van der Waals surface area (Å²) < 4.78 is 1.74. The zero-order valence-electron chi connectivity index (χ0n) is 24.5. The van der Waals surface area contributed by atoms with Crippen LogP contribution in [0, 0.1) is 5.41 Å². The summed E-state index contributed by atoms with van der Waals surface area (Å²) in [5.74, 6) is -0.430. The van der Waals surface area contributed by atoms with Gasteiger partial charge in [0.2, 0.25) is 0 Å². The number of benzene rings is 3. The van der Waals surface area contributed by atoms with Crippen molar-refractivity contribution in [1.82, 2.24) is 4.57 Å². The average Bonchev–Trinajstić information content (AvgIpc) is 3.50. The van der Waals surface area contributed by atoms with Gasteiger partial charge < -0.3 is 9.90 Å². The van der Waals surface area contributed by atoms with Gasteiger partial charge in [0.15, 0.2) is 0 Å². The number of hydrogen-bond acceptors (Lipinski definition) is 3. The van der Waals surface area contributed by atoms with E-state index in [-0.39, 0.29) is 17.7 Å². The minimum Gasteiger partial charge on any atom is -0.550 e. The lowest BCUT2D eigenvalue weighted by molar-refractivity contribution is -0.305. The molecule has 2 aliphatic rings. The van der Waals surface area contributed by atoms with Gasteiger partial charge in [-0.1, -0.05) is 69.3 Å². The van der Waals surface area contributed by atoms with E-state index in [0.717, 1.165) is 34.9 Å². The Hall–Kier alpha value is -3.66. The molecule has 3 aromatic carbocycles. The molecule has 4 heteroatoms. The monoisotopic (exact) mass is 546 g/mol. The smallest absolute Gasteiger partial charge is 0.262 e. The van der Waals surface area contributed by atoms with Crippen molar-refractivity contribution < 1.29 is 14.7 Å². The fraction of sp³-hybridized carbons (Fsp3) is 0.405. The van der Waals surface area contributed by atoms with E-state index in [1.807, 2.05) is 36.5 Å². The van der Waals surface area contributed by atoms with Crippen LogP contribution in [-0.2, 0) is 29.5 Å². The molecular weight excluding hydrogens is 506 g/mol. The van der Waals surface area contributed by atoms with Crippen LogP contribution in [0.3, 0.4) is 0 Å². The summed E-state index contributed by atoms with van der Waals surface area (Å²) >= 11 is 0.